The van der Waals surface area contributed by atoms with Gasteiger partial charge in [-0.2, -0.15) is 0 Å². The maximum absolute atomic E-state index is 7.22. The molecule has 0 heterocycles. The van der Waals surface area contributed by atoms with Crippen molar-refractivity contribution in [1.82, 2.24) is 0 Å². The number of hydrogen-bond acceptors (Lipinski definition) is 2. The van der Waals surface area contributed by atoms with E-state index in [0.29, 0.717) is 0 Å². The topological polar surface area (TPSA) is 33.1 Å². The summed E-state index contributed by atoms with van der Waals surface area (Å²) in [5, 5.41) is 7.22. The van der Waals surface area contributed by atoms with Gasteiger partial charge in [-0.3, -0.25) is 5.41 Å². The van der Waals surface area contributed by atoms with Crippen LogP contribution in [-0.2, 0) is 4.74 Å². The Bertz CT molecular complexity index is 233. The molecule has 1 N–H and O–H groups in total. The van der Waals surface area contributed by atoms with Gasteiger partial charge in [0.05, 0.1) is 0 Å². The number of nitrogens with one attached hydrogen (secondary N) is 1. The number of hydrogen-bond donors (Lipinski definition) is 1. The molecular formula is C10H14Cl3NO. The largest absolute Gasteiger partial charge is 0.474 e. The first-order valence-corrected chi connectivity index (χ1v) is 5.66. The van der Waals surface area contributed by atoms with Crippen molar-refractivity contribution in [1.29, 1.82) is 5.41 Å². The van der Waals surface area contributed by atoms with Crippen molar-refractivity contribution in [3.63, 3.8) is 0 Å². The lowest BCUT2D eigenvalue weighted by molar-refractivity contribution is 0.339. The fourth-order valence-electron chi connectivity index (χ4n) is 0.779. The lowest BCUT2D eigenvalue weighted by Crippen LogP contribution is -2.21. The fourth-order valence-corrected chi connectivity index (χ4v) is 0.943. The highest BCUT2D eigenvalue weighted by Gasteiger charge is 2.28. The van der Waals surface area contributed by atoms with Gasteiger partial charge in [0.15, 0.2) is 0 Å². The number of ether oxygens (including phenoxy) is 1. The summed E-state index contributed by atoms with van der Waals surface area (Å²) in [5.41, 5.74) is 0. The molecule has 2 nitrogen and oxygen atoms in total. The number of allylic oxidation sites excluding steroid dienone is 2. The van der Waals surface area contributed by atoms with Crippen molar-refractivity contribution >= 4 is 40.7 Å². The highest BCUT2D eigenvalue weighted by molar-refractivity contribution is 6.76. The maximum Gasteiger partial charge on any atom is 0.265 e. The van der Waals surface area contributed by atoms with Crippen LogP contribution in [0.4, 0.5) is 0 Å². The van der Waals surface area contributed by atoms with Crippen molar-refractivity contribution in [3.05, 3.63) is 24.8 Å². The molecular weight excluding hydrogens is 256 g/mol. The molecule has 0 spiro atoms. The van der Waals surface area contributed by atoms with Crippen LogP contribution in [0.25, 0.3) is 0 Å². The van der Waals surface area contributed by atoms with Gasteiger partial charge in [0, 0.05) is 0 Å². The molecule has 0 aromatic carbocycles. The number of unbranched alkanes of at least 4 members (excludes halogenated alkanes) is 2. The second-order valence-electron chi connectivity index (χ2n) is 2.83. The van der Waals surface area contributed by atoms with Gasteiger partial charge in [-0.25, -0.2) is 0 Å². The average molecular weight is 271 g/mol. The van der Waals surface area contributed by atoms with Gasteiger partial charge in [0.25, 0.3) is 3.79 Å². The third-order valence-corrected chi connectivity index (χ3v) is 2.04. The Balaban J connectivity index is 3.53. The van der Waals surface area contributed by atoms with Gasteiger partial charge in [0.1, 0.15) is 6.61 Å². The molecule has 0 radical (unpaired) electrons. The van der Waals surface area contributed by atoms with Gasteiger partial charge in [0.2, 0.25) is 5.90 Å². The molecule has 0 saturated carbocycles. The van der Waals surface area contributed by atoms with E-state index in [1.807, 2.05) is 12.2 Å². The molecule has 0 fully saturated rings. The predicted molar refractivity (Wildman–Crippen MR) is 67.2 cm³/mol. The first kappa shape index (κ1) is 14.8. The van der Waals surface area contributed by atoms with Crippen molar-refractivity contribution in [2.45, 2.75) is 23.1 Å². The Morgan fingerprint density at radius 3 is 2.47 bits per heavy atom. The van der Waals surface area contributed by atoms with E-state index in [2.05, 4.69) is 6.58 Å². The molecule has 0 aromatic heterocycles. The third kappa shape index (κ3) is 8.79. The third-order valence-electron chi connectivity index (χ3n) is 1.53. The molecule has 0 amide bonds. The molecule has 0 saturated heterocycles. The summed E-state index contributed by atoms with van der Waals surface area (Å²) in [5.74, 6) is -0.358. The molecule has 15 heavy (non-hydrogen) atoms. The molecule has 0 aliphatic heterocycles. The van der Waals surface area contributed by atoms with Gasteiger partial charge < -0.3 is 4.74 Å². The monoisotopic (exact) mass is 269 g/mol. The molecule has 86 valence electrons. The van der Waals surface area contributed by atoms with Crippen LogP contribution in [0.15, 0.2) is 24.8 Å². The van der Waals surface area contributed by atoms with Crippen molar-refractivity contribution in [2.75, 3.05) is 6.61 Å². The predicted octanol–water partition coefficient (Wildman–Crippen LogP) is 4.26. The minimum absolute atomic E-state index is 0.251. The summed E-state index contributed by atoms with van der Waals surface area (Å²) in [4.78, 5) is 0. The zero-order valence-corrected chi connectivity index (χ0v) is 10.6. The second-order valence-corrected chi connectivity index (χ2v) is 5.11. The molecule has 0 aliphatic carbocycles. The quantitative estimate of drug-likeness (QED) is 0.253. The Kier molecular flexibility index (Phi) is 7.93. The first-order chi connectivity index (χ1) is 6.98. The van der Waals surface area contributed by atoms with Crippen LogP contribution in [0.3, 0.4) is 0 Å². The first-order valence-electron chi connectivity index (χ1n) is 4.53. The van der Waals surface area contributed by atoms with Crippen molar-refractivity contribution < 1.29 is 4.74 Å². The van der Waals surface area contributed by atoms with Crippen LogP contribution < -0.4 is 0 Å². The molecule has 0 aliphatic rings. The fraction of sp³-hybridized carbons (Fsp3) is 0.500. The van der Waals surface area contributed by atoms with Gasteiger partial charge in [-0.1, -0.05) is 53.0 Å². The van der Waals surface area contributed by atoms with Crippen LogP contribution >= 0.6 is 34.8 Å². The normalized spacial score (nSPS) is 11.7. The second kappa shape index (κ2) is 8.03. The molecule has 0 bridgehead atoms. The standard InChI is InChI=1S/C10H14Cl3NO/c1-2-3-4-5-6-7-8-15-9(14)10(11,12)13/h2,6-7,14H,1,3-5,8H2/b7-6+,14-9?. The van der Waals surface area contributed by atoms with E-state index in [4.69, 9.17) is 44.9 Å². The van der Waals surface area contributed by atoms with Gasteiger partial charge in [-0.15, -0.1) is 6.58 Å². The van der Waals surface area contributed by atoms with Crippen molar-refractivity contribution in [2.24, 2.45) is 0 Å². The smallest absolute Gasteiger partial charge is 0.265 e. The number of halogens is 3. The Labute approximate surface area is 105 Å². The van der Waals surface area contributed by atoms with Crippen LogP contribution in [0, 0.1) is 5.41 Å². The van der Waals surface area contributed by atoms with E-state index < -0.39 is 3.79 Å². The molecule has 0 atom stereocenters. The zero-order valence-electron chi connectivity index (χ0n) is 8.31. The number of alkyl halides is 3. The van der Waals surface area contributed by atoms with E-state index in [1.165, 1.54) is 0 Å². The lowest BCUT2D eigenvalue weighted by atomic mass is 10.2. The zero-order chi connectivity index (χ0) is 11.7. The van der Waals surface area contributed by atoms with Gasteiger partial charge in [-0.05, 0) is 19.3 Å². The lowest BCUT2D eigenvalue weighted by Gasteiger charge is -2.11. The maximum atomic E-state index is 7.22. The van der Waals surface area contributed by atoms with Crippen LogP contribution in [0.1, 0.15) is 19.3 Å². The molecule has 5 heteroatoms. The van der Waals surface area contributed by atoms with Crippen LogP contribution in [-0.4, -0.2) is 16.3 Å². The van der Waals surface area contributed by atoms with E-state index in [1.54, 1.807) is 6.08 Å². The summed E-state index contributed by atoms with van der Waals surface area (Å²) in [6, 6.07) is 0. The average Bonchev–Trinajstić information content (AvgIpc) is 2.14. The summed E-state index contributed by atoms with van der Waals surface area (Å²) in [6.45, 7) is 3.87. The minimum atomic E-state index is -1.77. The SMILES string of the molecule is C=CCCC/C=C/COC(=N)C(Cl)(Cl)Cl. The summed E-state index contributed by atoms with van der Waals surface area (Å²) in [7, 11) is 0. The Hall–Kier alpha value is -0.180. The molecule has 0 aromatic rings. The Morgan fingerprint density at radius 1 is 1.27 bits per heavy atom. The van der Waals surface area contributed by atoms with Gasteiger partial charge >= 0.3 is 0 Å². The molecule has 0 unspecified atom stereocenters. The minimum Gasteiger partial charge on any atom is -0.474 e. The highest BCUT2D eigenvalue weighted by atomic mass is 35.6. The van der Waals surface area contributed by atoms with Crippen molar-refractivity contribution in [3.8, 4) is 0 Å². The Morgan fingerprint density at radius 2 is 1.93 bits per heavy atom. The van der Waals surface area contributed by atoms with E-state index in [9.17, 15) is 0 Å². The summed E-state index contributed by atoms with van der Waals surface area (Å²) in [6.07, 6.45) is 8.65. The van der Waals surface area contributed by atoms with Crippen LogP contribution in [0.2, 0.25) is 0 Å². The number of rotatable bonds is 6. The molecule has 0 rings (SSSR count). The summed E-state index contributed by atoms with van der Waals surface area (Å²) < 4.78 is 3.13. The summed E-state index contributed by atoms with van der Waals surface area (Å²) >= 11 is 16.2. The van der Waals surface area contributed by atoms with E-state index in [0.717, 1.165) is 19.3 Å². The van der Waals surface area contributed by atoms with Crippen LogP contribution in [0.5, 0.6) is 0 Å². The van der Waals surface area contributed by atoms with E-state index in [-0.39, 0.29) is 12.5 Å². The highest BCUT2D eigenvalue weighted by Crippen LogP contribution is 2.27. The van der Waals surface area contributed by atoms with E-state index >= 15 is 0 Å².